The lowest BCUT2D eigenvalue weighted by atomic mass is 9.45. The molecule has 0 heterocycles. The van der Waals surface area contributed by atoms with E-state index in [0.29, 0.717) is 10.8 Å². The predicted octanol–water partition coefficient (Wildman–Crippen LogP) is 5.93. The standard InChI is InChI=1S/C23H30N2/c1-22-12-8-21-19(20(22)6-4-17(22)10-14-25)5-3-18-15-16(9-13-24)7-11-23(18,21)2/h9-10,18-21H,3-8,11-12,15H2,1-2H3/b16-9+,17-10+/t18-,19?,20?,21?,22+,23-/m0/s1. The zero-order chi connectivity index (χ0) is 17.7. The second kappa shape index (κ2) is 6.02. The maximum Gasteiger partial charge on any atom is 0.0911 e. The Kier molecular flexibility index (Phi) is 4.07. The minimum Gasteiger partial charge on any atom is -0.193 e. The Morgan fingerprint density at radius 2 is 1.72 bits per heavy atom. The largest absolute Gasteiger partial charge is 0.193 e. The van der Waals surface area contributed by atoms with E-state index in [2.05, 4.69) is 26.0 Å². The van der Waals surface area contributed by atoms with E-state index in [4.69, 9.17) is 5.26 Å². The zero-order valence-electron chi connectivity index (χ0n) is 15.7. The number of nitriles is 2. The number of hydrogen-bond donors (Lipinski definition) is 0. The quantitative estimate of drug-likeness (QED) is 0.515. The topological polar surface area (TPSA) is 47.6 Å². The van der Waals surface area contributed by atoms with Crippen LogP contribution in [0.2, 0.25) is 0 Å². The Balaban J connectivity index is 1.61. The Bertz CT molecular complexity index is 703. The molecule has 0 aromatic rings. The summed E-state index contributed by atoms with van der Waals surface area (Å²) in [6, 6.07) is 4.57. The molecule has 0 N–H and O–H groups in total. The van der Waals surface area contributed by atoms with Crippen LogP contribution in [0.1, 0.15) is 71.6 Å². The Morgan fingerprint density at radius 3 is 2.48 bits per heavy atom. The summed E-state index contributed by atoms with van der Waals surface area (Å²) in [5, 5.41) is 18.2. The van der Waals surface area contributed by atoms with Gasteiger partial charge in [-0.2, -0.15) is 10.5 Å². The van der Waals surface area contributed by atoms with E-state index >= 15 is 0 Å². The molecule has 4 fully saturated rings. The molecule has 0 aromatic carbocycles. The highest BCUT2D eigenvalue weighted by atomic mass is 14.6. The van der Waals surface area contributed by atoms with Gasteiger partial charge in [-0.25, -0.2) is 0 Å². The van der Waals surface area contributed by atoms with Crippen molar-refractivity contribution in [3.8, 4) is 12.1 Å². The lowest BCUT2D eigenvalue weighted by Crippen LogP contribution is -2.52. The molecule has 4 rings (SSSR count). The Morgan fingerprint density at radius 1 is 0.920 bits per heavy atom. The van der Waals surface area contributed by atoms with Crippen LogP contribution < -0.4 is 0 Å². The van der Waals surface area contributed by atoms with Crippen LogP contribution >= 0.6 is 0 Å². The number of hydrogen-bond acceptors (Lipinski definition) is 2. The third-order valence-corrected chi connectivity index (χ3v) is 8.91. The van der Waals surface area contributed by atoms with Gasteiger partial charge in [0, 0.05) is 12.2 Å². The number of allylic oxidation sites excluding steroid dienone is 4. The van der Waals surface area contributed by atoms with E-state index < -0.39 is 0 Å². The summed E-state index contributed by atoms with van der Waals surface area (Å²) in [6.45, 7) is 5.02. The van der Waals surface area contributed by atoms with Gasteiger partial charge in [-0.3, -0.25) is 0 Å². The van der Waals surface area contributed by atoms with Gasteiger partial charge in [-0.05, 0) is 92.3 Å². The molecule has 3 unspecified atom stereocenters. The van der Waals surface area contributed by atoms with Crippen molar-refractivity contribution >= 4 is 0 Å². The molecule has 4 aliphatic carbocycles. The highest BCUT2D eigenvalue weighted by molar-refractivity contribution is 5.28. The molecule has 2 heteroatoms. The van der Waals surface area contributed by atoms with Crippen molar-refractivity contribution < 1.29 is 0 Å². The third-order valence-electron chi connectivity index (χ3n) is 8.91. The number of nitrogens with zero attached hydrogens (tertiary/aromatic N) is 2. The summed E-state index contributed by atoms with van der Waals surface area (Å²) >= 11 is 0. The molecule has 6 atom stereocenters. The fourth-order valence-corrected chi connectivity index (χ4v) is 7.49. The molecule has 0 bridgehead atoms. The van der Waals surface area contributed by atoms with Crippen molar-refractivity contribution in [1.29, 1.82) is 10.5 Å². The minimum atomic E-state index is 0.292. The normalized spacial score (nSPS) is 49.0. The number of fused-ring (bicyclic) bond motifs is 5. The van der Waals surface area contributed by atoms with E-state index in [1.807, 2.05) is 12.2 Å². The first-order valence-electron chi connectivity index (χ1n) is 10.2. The molecule has 4 saturated carbocycles. The molecule has 2 nitrogen and oxygen atoms in total. The van der Waals surface area contributed by atoms with Gasteiger partial charge >= 0.3 is 0 Å². The summed E-state index contributed by atoms with van der Waals surface area (Å²) in [5.74, 6) is 3.28. The zero-order valence-corrected chi connectivity index (χ0v) is 15.7. The van der Waals surface area contributed by atoms with Crippen molar-refractivity contribution in [3.63, 3.8) is 0 Å². The molecule has 0 spiro atoms. The first-order valence-corrected chi connectivity index (χ1v) is 10.2. The van der Waals surface area contributed by atoms with Crippen LogP contribution in [0.4, 0.5) is 0 Å². The van der Waals surface area contributed by atoms with Crippen molar-refractivity contribution in [2.45, 2.75) is 71.6 Å². The van der Waals surface area contributed by atoms with Crippen molar-refractivity contribution in [2.75, 3.05) is 0 Å². The molecule has 25 heavy (non-hydrogen) atoms. The maximum atomic E-state index is 9.17. The van der Waals surface area contributed by atoms with Crippen molar-refractivity contribution in [1.82, 2.24) is 0 Å². The molecule has 4 aliphatic rings. The summed E-state index contributed by atoms with van der Waals surface area (Å²) in [7, 11) is 0. The molecule has 0 radical (unpaired) electrons. The highest BCUT2D eigenvalue weighted by Crippen LogP contribution is 2.67. The van der Waals surface area contributed by atoms with Crippen molar-refractivity contribution in [2.24, 2.45) is 34.5 Å². The van der Waals surface area contributed by atoms with Crippen LogP contribution in [0.5, 0.6) is 0 Å². The second-order valence-electron chi connectivity index (χ2n) is 9.59. The fourth-order valence-electron chi connectivity index (χ4n) is 7.49. The third kappa shape index (κ3) is 2.41. The summed E-state index contributed by atoms with van der Waals surface area (Å²) in [4.78, 5) is 0. The van der Waals surface area contributed by atoms with Gasteiger partial charge in [0.25, 0.3) is 0 Å². The number of rotatable bonds is 0. The smallest absolute Gasteiger partial charge is 0.0911 e. The first-order chi connectivity index (χ1) is 12.0. The maximum absolute atomic E-state index is 9.17. The van der Waals surface area contributed by atoms with Crippen molar-refractivity contribution in [3.05, 3.63) is 23.3 Å². The van der Waals surface area contributed by atoms with Crippen LogP contribution in [0, 0.1) is 57.2 Å². The summed E-state index contributed by atoms with van der Waals surface area (Å²) in [6.07, 6.45) is 15.0. The summed E-state index contributed by atoms with van der Waals surface area (Å²) < 4.78 is 0. The monoisotopic (exact) mass is 334 g/mol. The average Bonchev–Trinajstić information content (AvgIpc) is 2.93. The molecule has 0 aromatic heterocycles. The van der Waals surface area contributed by atoms with Gasteiger partial charge in [0.2, 0.25) is 0 Å². The molecule has 0 aliphatic heterocycles. The second-order valence-corrected chi connectivity index (χ2v) is 9.59. The molecule has 0 saturated heterocycles. The molecular weight excluding hydrogens is 304 g/mol. The predicted molar refractivity (Wildman–Crippen MR) is 99.1 cm³/mol. The van der Waals surface area contributed by atoms with E-state index in [0.717, 1.165) is 42.9 Å². The van der Waals surface area contributed by atoms with E-state index in [1.54, 1.807) is 0 Å². The van der Waals surface area contributed by atoms with Gasteiger partial charge in [-0.1, -0.05) is 25.0 Å². The van der Waals surface area contributed by atoms with E-state index in [1.165, 1.54) is 49.7 Å². The SMILES string of the molecule is C[C@]12CCC3C(CC[C@H]4C/C(=C/C#N)CC[C@]34C)C1CC/C2=C\C#N. The highest BCUT2D eigenvalue weighted by Gasteiger charge is 2.58. The van der Waals surface area contributed by atoms with Gasteiger partial charge in [0.1, 0.15) is 0 Å². The van der Waals surface area contributed by atoms with Crippen LogP contribution in [0.3, 0.4) is 0 Å². The molecular formula is C23H30N2. The average molecular weight is 335 g/mol. The van der Waals surface area contributed by atoms with E-state index in [9.17, 15) is 5.26 Å². The summed E-state index contributed by atoms with van der Waals surface area (Å²) in [5.41, 5.74) is 3.59. The van der Waals surface area contributed by atoms with Gasteiger partial charge in [-0.15, -0.1) is 0 Å². The Hall–Kier alpha value is -1.54. The lowest BCUT2D eigenvalue weighted by Gasteiger charge is -2.60. The lowest BCUT2D eigenvalue weighted by molar-refractivity contribution is -0.0904. The van der Waals surface area contributed by atoms with Gasteiger partial charge in [0.05, 0.1) is 12.1 Å². The minimum absolute atomic E-state index is 0.292. The van der Waals surface area contributed by atoms with E-state index in [-0.39, 0.29) is 0 Å². The van der Waals surface area contributed by atoms with Crippen LogP contribution in [0.25, 0.3) is 0 Å². The van der Waals surface area contributed by atoms with Gasteiger partial charge in [0.15, 0.2) is 0 Å². The first kappa shape index (κ1) is 16.9. The Labute approximate surface area is 152 Å². The van der Waals surface area contributed by atoms with Crippen LogP contribution in [-0.4, -0.2) is 0 Å². The fraction of sp³-hybridized carbons (Fsp3) is 0.739. The van der Waals surface area contributed by atoms with Gasteiger partial charge < -0.3 is 0 Å². The van der Waals surface area contributed by atoms with Crippen LogP contribution in [-0.2, 0) is 0 Å². The van der Waals surface area contributed by atoms with Crippen LogP contribution in [0.15, 0.2) is 23.3 Å². The molecule has 0 amide bonds. The molecule has 132 valence electrons.